The van der Waals surface area contributed by atoms with Crippen LogP contribution in [0, 0.1) is 5.41 Å². The topological polar surface area (TPSA) is 180 Å². The number of hydrogen-bond acceptors (Lipinski definition) is 7. The number of aromatic nitrogens is 2. The van der Waals surface area contributed by atoms with Crippen LogP contribution in [-0.4, -0.2) is 108 Å². The van der Waals surface area contributed by atoms with Crippen LogP contribution in [0.4, 0.5) is 10.5 Å². The zero-order valence-corrected chi connectivity index (χ0v) is 24.2. The van der Waals surface area contributed by atoms with Crippen LogP contribution < -0.4 is 10.6 Å². The van der Waals surface area contributed by atoms with E-state index in [2.05, 4.69) is 14.9 Å². The Morgan fingerprint density at radius 2 is 1.67 bits per heavy atom. The van der Waals surface area contributed by atoms with Gasteiger partial charge >= 0.3 is 6.09 Å². The highest BCUT2D eigenvalue weighted by Crippen LogP contribution is 2.36. The molecule has 0 radical (unpaired) electrons. The fourth-order valence-corrected chi connectivity index (χ4v) is 6.37. The lowest BCUT2D eigenvalue weighted by Crippen LogP contribution is -2.52. The largest absolute Gasteiger partial charge is 0.465 e. The third-order valence-electron chi connectivity index (χ3n) is 8.01. The van der Waals surface area contributed by atoms with Crippen molar-refractivity contribution >= 4 is 33.5 Å². The number of nitrogens with one attached hydrogen (secondary N) is 2. The van der Waals surface area contributed by atoms with E-state index in [-0.39, 0.29) is 23.8 Å². The van der Waals surface area contributed by atoms with Gasteiger partial charge < -0.3 is 20.7 Å². The molecule has 1 aromatic heterocycles. The molecule has 2 fully saturated rings. The molecule has 2 aromatic carbocycles. The highest BCUT2D eigenvalue weighted by Gasteiger charge is 2.41. The number of nitrogens with zero attached hydrogens (tertiary/aromatic N) is 5. The molecule has 2 saturated heterocycles. The average molecular weight is 595 g/mol. The molecule has 222 valence electrons. The lowest BCUT2D eigenvalue weighted by molar-refractivity contribution is 0.0713. The Balaban J connectivity index is 1.40. The lowest BCUT2D eigenvalue weighted by atomic mass is 10.1. The van der Waals surface area contributed by atoms with Gasteiger partial charge in [0, 0.05) is 62.6 Å². The van der Waals surface area contributed by atoms with Gasteiger partial charge in [0.1, 0.15) is 11.7 Å². The minimum Gasteiger partial charge on any atom is -0.465 e. The standard InChI is InChI=1S/C28H34N8O5S/c1-33(28(38)39)21-9-7-18(8-10-21)23-16-31-26(32-23)24-15-22(34-11-13-35(14-12-34)42(2,40)41)17-36(24)27(37)20-5-3-19(4-6-20)25(29)30/h3-10,16,22,24H,11-15,17H2,1-2H3,(H3,29,30)(H,31,32)(H,38,39)/t22-,24-/m0/s1. The number of carbonyl (C=O) groups is 2. The number of carbonyl (C=O) groups excluding carboxylic acids is 1. The first-order valence-corrected chi connectivity index (χ1v) is 15.3. The van der Waals surface area contributed by atoms with Gasteiger partial charge in [-0.05, 0) is 36.2 Å². The van der Waals surface area contributed by atoms with Crippen molar-refractivity contribution in [1.82, 2.24) is 24.1 Å². The Kier molecular flexibility index (Phi) is 8.03. The second-order valence-electron chi connectivity index (χ2n) is 10.6. The Morgan fingerprint density at radius 1 is 1.05 bits per heavy atom. The van der Waals surface area contributed by atoms with Gasteiger partial charge in [-0.1, -0.05) is 24.3 Å². The quantitative estimate of drug-likeness (QED) is 0.237. The van der Waals surface area contributed by atoms with Crippen LogP contribution in [0.5, 0.6) is 0 Å². The summed E-state index contributed by atoms with van der Waals surface area (Å²) in [6.07, 6.45) is 2.48. The summed E-state index contributed by atoms with van der Waals surface area (Å²) >= 11 is 0. The van der Waals surface area contributed by atoms with Crippen molar-refractivity contribution in [3.8, 4) is 11.3 Å². The number of anilines is 1. The Bertz CT molecular complexity index is 1580. The van der Waals surface area contributed by atoms with Gasteiger partial charge in [-0.25, -0.2) is 18.2 Å². The van der Waals surface area contributed by atoms with Crippen molar-refractivity contribution in [3.63, 3.8) is 0 Å². The molecule has 0 bridgehead atoms. The zero-order chi connectivity index (χ0) is 30.2. The molecule has 2 amide bonds. The van der Waals surface area contributed by atoms with E-state index >= 15 is 0 Å². The van der Waals surface area contributed by atoms with Gasteiger partial charge in [0.2, 0.25) is 10.0 Å². The predicted molar refractivity (Wildman–Crippen MR) is 158 cm³/mol. The van der Waals surface area contributed by atoms with E-state index in [9.17, 15) is 23.1 Å². The molecule has 14 heteroatoms. The minimum atomic E-state index is -3.26. The summed E-state index contributed by atoms with van der Waals surface area (Å²) in [6, 6.07) is 13.3. The van der Waals surface area contributed by atoms with Gasteiger partial charge in [0.25, 0.3) is 5.91 Å². The fourth-order valence-electron chi connectivity index (χ4n) is 5.55. The monoisotopic (exact) mass is 594 g/mol. The van der Waals surface area contributed by atoms with Crippen molar-refractivity contribution in [2.45, 2.75) is 18.5 Å². The van der Waals surface area contributed by atoms with Crippen molar-refractivity contribution in [3.05, 3.63) is 71.7 Å². The first-order chi connectivity index (χ1) is 19.9. The van der Waals surface area contributed by atoms with Gasteiger partial charge in [0.15, 0.2) is 0 Å². The molecule has 0 spiro atoms. The number of aromatic amines is 1. The van der Waals surface area contributed by atoms with Crippen LogP contribution in [0.25, 0.3) is 11.3 Å². The molecule has 0 unspecified atom stereocenters. The number of amides is 2. The van der Waals surface area contributed by atoms with E-state index in [1.54, 1.807) is 47.5 Å². The number of likely N-dealkylation sites (tertiary alicyclic amines) is 1. The van der Waals surface area contributed by atoms with Gasteiger partial charge in [-0.3, -0.25) is 20.0 Å². The number of amidine groups is 1. The maximum Gasteiger partial charge on any atom is 0.411 e. The Labute approximate surface area is 244 Å². The molecule has 0 saturated carbocycles. The van der Waals surface area contributed by atoms with Gasteiger partial charge in [-0.15, -0.1) is 0 Å². The van der Waals surface area contributed by atoms with Crippen molar-refractivity contribution in [2.75, 3.05) is 50.9 Å². The molecule has 3 aromatic rings. The molecule has 2 aliphatic rings. The first-order valence-electron chi connectivity index (χ1n) is 13.5. The maximum atomic E-state index is 13.8. The SMILES string of the molecule is CN(C(=O)O)c1ccc(-c2cnc([C@@H]3C[C@H](N4CCN(S(C)(=O)=O)CC4)CN3C(=O)c3ccc(C(=N)N)cc3)[nH]2)cc1. The molecule has 0 aliphatic carbocycles. The number of H-pyrrole nitrogens is 1. The number of rotatable bonds is 7. The molecule has 5 N–H and O–H groups in total. The Morgan fingerprint density at radius 3 is 2.24 bits per heavy atom. The fraction of sp³-hybridized carbons (Fsp3) is 0.357. The smallest absolute Gasteiger partial charge is 0.411 e. The summed E-state index contributed by atoms with van der Waals surface area (Å²) in [5.74, 6) is 0.376. The molecule has 3 heterocycles. The molecule has 13 nitrogen and oxygen atoms in total. The van der Waals surface area contributed by atoms with E-state index in [0.717, 1.165) is 16.2 Å². The average Bonchev–Trinajstić information content (AvgIpc) is 3.64. The van der Waals surface area contributed by atoms with E-state index in [4.69, 9.17) is 11.1 Å². The highest BCUT2D eigenvalue weighted by molar-refractivity contribution is 7.88. The second-order valence-corrected chi connectivity index (χ2v) is 12.6. The number of benzene rings is 2. The van der Waals surface area contributed by atoms with E-state index in [0.29, 0.717) is 61.8 Å². The summed E-state index contributed by atoms with van der Waals surface area (Å²) in [4.78, 5) is 38.2. The summed E-state index contributed by atoms with van der Waals surface area (Å²) in [6.45, 7) is 2.39. The summed E-state index contributed by atoms with van der Waals surface area (Å²) in [5.41, 5.74) is 8.67. The van der Waals surface area contributed by atoms with Gasteiger partial charge in [-0.2, -0.15) is 4.31 Å². The molecule has 2 aliphatic heterocycles. The van der Waals surface area contributed by atoms with Crippen molar-refractivity contribution in [1.29, 1.82) is 5.41 Å². The number of sulfonamides is 1. The summed E-state index contributed by atoms with van der Waals surface area (Å²) in [7, 11) is -1.79. The predicted octanol–water partition coefficient (Wildman–Crippen LogP) is 2.01. The van der Waals surface area contributed by atoms with Crippen LogP contribution >= 0.6 is 0 Å². The molecule has 2 atom stereocenters. The summed E-state index contributed by atoms with van der Waals surface area (Å²) < 4.78 is 25.5. The second kappa shape index (κ2) is 11.5. The minimum absolute atomic E-state index is 0.0107. The number of piperazine rings is 1. The van der Waals surface area contributed by atoms with Crippen LogP contribution in [0.2, 0.25) is 0 Å². The van der Waals surface area contributed by atoms with Crippen LogP contribution in [0.15, 0.2) is 54.7 Å². The first kappa shape index (κ1) is 29.2. The number of nitrogens with two attached hydrogens (primary N) is 1. The van der Waals surface area contributed by atoms with E-state index in [1.165, 1.54) is 17.6 Å². The number of carboxylic acid groups (broad SMARTS) is 1. The van der Waals surface area contributed by atoms with Crippen LogP contribution in [-0.2, 0) is 10.0 Å². The highest BCUT2D eigenvalue weighted by atomic mass is 32.2. The van der Waals surface area contributed by atoms with E-state index in [1.807, 2.05) is 12.1 Å². The normalized spacial score (nSPS) is 20.0. The van der Waals surface area contributed by atoms with Crippen LogP contribution in [0.1, 0.15) is 34.2 Å². The molecule has 5 rings (SSSR count). The van der Waals surface area contributed by atoms with Crippen LogP contribution in [0.3, 0.4) is 0 Å². The maximum absolute atomic E-state index is 13.8. The number of nitrogen functional groups attached to an aromatic ring is 1. The number of imidazole rings is 1. The third kappa shape index (κ3) is 6.00. The molecular weight excluding hydrogens is 560 g/mol. The summed E-state index contributed by atoms with van der Waals surface area (Å²) in [5, 5.41) is 16.9. The van der Waals surface area contributed by atoms with Crippen molar-refractivity contribution < 1.29 is 23.1 Å². The van der Waals surface area contributed by atoms with Gasteiger partial charge in [0.05, 0.1) is 24.2 Å². The number of hydrogen-bond donors (Lipinski definition) is 4. The van der Waals surface area contributed by atoms with Crippen molar-refractivity contribution in [2.24, 2.45) is 5.73 Å². The zero-order valence-electron chi connectivity index (χ0n) is 23.4. The Hall–Kier alpha value is -4.27. The third-order valence-corrected chi connectivity index (χ3v) is 9.31. The lowest BCUT2D eigenvalue weighted by Gasteiger charge is -2.36. The molecule has 42 heavy (non-hydrogen) atoms. The van der Waals surface area contributed by atoms with E-state index < -0.39 is 16.1 Å². The molecular formula is C28H34N8O5S.